The van der Waals surface area contributed by atoms with Gasteiger partial charge in [-0.1, -0.05) is 45.0 Å². The van der Waals surface area contributed by atoms with Gasteiger partial charge in [0.2, 0.25) is 0 Å². The molecule has 2 aromatic heterocycles. The van der Waals surface area contributed by atoms with Crippen LogP contribution in [0.5, 0.6) is 0 Å². The summed E-state index contributed by atoms with van der Waals surface area (Å²) >= 11 is 1.66. The van der Waals surface area contributed by atoms with E-state index in [1.165, 1.54) is 10.4 Å². The Hall–Kier alpha value is -2.07. The Balaban J connectivity index is 1.98. The molecule has 0 spiro atoms. The molecule has 0 saturated heterocycles. The Labute approximate surface area is 135 Å². The predicted molar refractivity (Wildman–Crippen MR) is 92.0 cm³/mol. The van der Waals surface area contributed by atoms with Gasteiger partial charge in [-0.05, 0) is 17.9 Å². The number of nitrogens with zero attached hydrogens (tertiary/aromatic N) is 3. The molecule has 0 aliphatic carbocycles. The molecule has 22 heavy (non-hydrogen) atoms. The highest BCUT2D eigenvalue weighted by atomic mass is 32.1. The van der Waals surface area contributed by atoms with Gasteiger partial charge in [0.15, 0.2) is 0 Å². The van der Waals surface area contributed by atoms with Crippen LogP contribution in [0.15, 0.2) is 42.9 Å². The first-order chi connectivity index (χ1) is 10.4. The monoisotopic (exact) mass is 309 g/mol. The number of rotatable bonds is 2. The van der Waals surface area contributed by atoms with Crippen molar-refractivity contribution in [2.24, 2.45) is 0 Å². The molecule has 0 aliphatic rings. The van der Waals surface area contributed by atoms with Gasteiger partial charge < -0.3 is 0 Å². The fourth-order valence-corrected chi connectivity index (χ4v) is 3.21. The SMILES string of the molecule is Cc1sc(-c2cnccn2)nc1-c1ccc(C(C)(C)C)cc1. The van der Waals surface area contributed by atoms with E-state index in [4.69, 9.17) is 4.98 Å². The van der Waals surface area contributed by atoms with Gasteiger partial charge in [0.1, 0.15) is 10.7 Å². The van der Waals surface area contributed by atoms with Crippen molar-refractivity contribution in [3.8, 4) is 22.0 Å². The molecule has 0 radical (unpaired) electrons. The third-order valence-electron chi connectivity index (χ3n) is 3.60. The molecule has 4 heteroatoms. The average Bonchev–Trinajstić information content (AvgIpc) is 2.89. The molecule has 2 heterocycles. The van der Waals surface area contributed by atoms with Gasteiger partial charge >= 0.3 is 0 Å². The standard InChI is InChI=1S/C18H19N3S/c1-12-16(13-5-7-14(8-6-13)18(2,3)4)21-17(22-12)15-11-19-9-10-20-15/h5-11H,1-4H3. The van der Waals surface area contributed by atoms with Crippen molar-refractivity contribution in [3.05, 3.63) is 53.3 Å². The van der Waals surface area contributed by atoms with Crippen LogP contribution in [0.2, 0.25) is 0 Å². The summed E-state index contributed by atoms with van der Waals surface area (Å²) in [5, 5.41) is 0.917. The summed E-state index contributed by atoms with van der Waals surface area (Å²) in [6.45, 7) is 8.78. The summed E-state index contributed by atoms with van der Waals surface area (Å²) in [5.41, 5.74) is 4.51. The second-order valence-corrected chi connectivity index (χ2v) is 7.55. The van der Waals surface area contributed by atoms with E-state index in [0.717, 1.165) is 22.0 Å². The van der Waals surface area contributed by atoms with E-state index >= 15 is 0 Å². The lowest BCUT2D eigenvalue weighted by molar-refractivity contribution is 0.590. The lowest BCUT2D eigenvalue weighted by atomic mass is 9.86. The van der Waals surface area contributed by atoms with Crippen LogP contribution in [0.25, 0.3) is 22.0 Å². The van der Waals surface area contributed by atoms with Crippen molar-refractivity contribution in [3.63, 3.8) is 0 Å². The number of hydrogen-bond donors (Lipinski definition) is 0. The molecule has 0 N–H and O–H groups in total. The molecule has 3 aromatic rings. The summed E-state index contributed by atoms with van der Waals surface area (Å²) in [6, 6.07) is 8.69. The minimum atomic E-state index is 0.167. The quantitative estimate of drug-likeness (QED) is 0.677. The summed E-state index contributed by atoms with van der Waals surface area (Å²) in [5.74, 6) is 0. The molecule has 3 nitrogen and oxygen atoms in total. The van der Waals surface area contributed by atoms with Crippen LogP contribution in [0, 0.1) is 6.92 Å². The van der Waals surface area contributed by atoms with E-state index in [0.29, 0.717) is 0 Å². The summed E-state index contributed by atoms with van der Waals surface area (Å²) in [6.07, 6.45) is 5.13. The maximum atomic E-state index is 4.76. The van der Waals surface area contributed by atoms with Gasteiger partial charge in [-0.15, -0.1) is 11.3 Å². The van der Waals surface area contributed by atoms with Crippen LogP contribution in [-0.4, -0.2) is 15.0 Å². The second-order valence-electron chi connectivity index (χ2n) is 6.34. The van der Waals surface area contributed by atoms with E-state index in [1.807, 2.05) is 0 Å². The molecule has 0 saturated carbocycles. The zero-order valence-electron chi connectivity index (χ0n) is 13.3. The molecule has 112 valence electrons. The Kier molecular flexibility index (Phi) is 3.79. The third kappa shape index (κ3) is 2.92. The maximum Gasteiger partial charge on any atom is 0.144 e. The van der Waals surface area contributed by atoms with Crippen molar-refractivity contribution in [2.45, 2.75) is 33.1 Å². The third-order valence-corrected chi connectivity index (χ3v) is 4.60. The van der Waals surface area contributed by atoms with Gasteiger partial charge in [0.05, 0.1) is 11.9 Å². The molecule has 1 aromatic carbocycles. The largest absolute Gasteiger partial charge is 0.261 e. The maximum absolute atomic E-state index is 4.76. The topological polar surface area (TPSA) is 38.7 Å². The van der Waals surface area contributed by atoms with Crippen molar-refractivity contribution >= 4 is 11.3 Å². The fraction of sp³-hybridized carbons (Fsp3) is 0.278. The Morgan fingerprint density at radius 1 is 1.00 bits per heavy atom. The lowest BCUT2D eigenvalue weighted by Crippen LogP contribution is -2.10. The van der Waals surface area contributed by atoms with E-state index in [-0.39, 0.29) is 5.41 Å². The number of hydrogen-bond acceptors (Lipinski definition) is 4. The van der Waals surface area contributed by atoms with Crippen molar-refractivity contribution in [1.82, 2.24) is 15.0 Å². The van der Waals surface area contributed by atoms with Crippen molar-refractivity contribution in [1.29, 1.82) is 0 Å². The zero-order chi connectivity index (χ0) is 15.7. The average molecular weight is 309 g/mol. The van der Waals surface area contributed by atoms with Crippen molar-refractivity contribution in [2.75, 3.05) is 0 Å². The van der Waals surface area contributed by atoms with E-state index in [9.17, 15) is 0 Å². The highest BCUT2D eigenvalue weighted by Gasteiger charge is 2.15. The van der Waals surface area contributed by atoms with Crippen LogP contribution in [0.3, 0.4) is 0 Å². The van der Waals surface area contributed by atoms with E-state index < -0.39 is 0 Å². The van der Waals surface area contributed by atoms with Gasteiger partial charge in [0, 0.05) is 22.8 Å². The fourth-order valence-electron chi connectivity index (χ4n) is 2.31. The first-order valence-corrected chi connectivity index (χ1v) is 8.11. The number of aromatic nitrogens is 3. The predicted octanol–water partition coefficient (Wildman–Crippen LogP) is 4.87. The van der Waals surface area contributed by atoms with Crippen LogP contribution in [0.1, 0.15) is 31.2 Å². The van der Waals surface area contributed by atoms with Gasteiger partial charge in [0.25, 0.3) is 0 Å². The highest BCUT2D eigenvalue weighted by molar-refractivity contribution is 7.15. The molecule has 0 aliphatic heterocycles. The number of aryl methyl sites for hydroxylation is 1. The van der Waals surface area contributed by atoms with Crippen LogP contribution in [-0.2, 0) is 5.41 Å². The highest BCUT2D eigenvalue weighted by Crippen LogP contribution is 2.33. The molecular weight excluding hydrogens is 290 g/mol. The van der Waals surface area contributed by atoms with Gasteiger partial charge in [-0.3, -0.25) is 9.97 Å². The second kappa shape index (κ2) is 5.61. The Morgan fingerprint density at radius 2 is 1.73 bits per heavy atom. The molecular formula is C18H19N3S. The van der Waals surface area contributed by atoms with Crippen LogP contribution in [0.4, 0.5) is 0 Å². The minimum Gasteiger partial charge on any atom is -0.261 e. The summed E-state index contributed by atoms with van der Waals surface area (Å²) < 4.78 is 0. The zero-order valence-corrected chi connectivity index (χ0v) is 14.1. The number of thiazole rings is 1. The summed E-state index contributed by atoms with van der Waals surface area (Å²) in [4.78, 5) is 14.4. The van der Waals surface area contributed by atoms with Crippen LogP contribution >= 0.6 is 11.3 Å². The molecule has 0 bridgehead atoms. The van der Waals surface area contributed by atoms with Gasteiger partial charge in [-0.2, -0.15) is 0 Å². The summed E-state index contributed by atoms with van der Waals surface area (Å²) in [7, 11) is 0. The first-order valence-electron chi connectivity index (χ1n) is 7.30. The van der Waals surface area contributed by atoms with Crippen LogP contribution < -0.4 is 0 Å². The minimum absolute atomic E-state index is 0.167. The molecule has 0 unspecified atom stereocenters. The Morgan fingerprint density at radius 3 is 2.32 bits per heavy atom. The van der Waals surface area contributed by atoms with E-state index in [1.54, 1.807) is 29.9 Å². The first kappa shape index (κ1) is 14.9. The molecule has 0 atom stereocenters. The molecule has 0 amide bonds. The molecule has 0 fully saturated rings. The van der Waals surface area contributed by atoms with Gasteiger partial charge in [-0.25, -0.2) is 4.98 Å². The Bertz CT molecular complexity index is 768. The number of benzene rings is 1. The lowest BCUT2D eigenvalue weighted by Gasteiger charge is -2.19. The van der Waals surface area contributed by atoms with E-state index in [2.05, 4.69) is 61.9 Å². The van der Waals surface area contributed by atoms with Crippen molar-refractivity contribution < 1.29 is 0 Å². The smallest absolute Gasteiger partial charge is 0.144 e. The molecule has 3 rings (SSSR count). The normalized spacial score (nSPS) is 11.6.